The molecule has 4 rings (SSSR count). The highest BCUT2D eigenvalue weighted by molar-refractivity contribution is 5.79. The molecule has 102 valence electrons. The average Bonchev–Trinajstić information content (AvgIpc) is 2.85. The van der Waals surface area contributed by atoms with Crippen LogP contribution in [0.1, 0.15) is 11.1 Å². The predicted molar refractivity (Wildman–Crippen MR) is 82.2 cm³/mol. The van der Waals surface area contributed by atoms with Crippen LogP contribution in [0, 0.1) is 5.95 Å². The van der Waals surface area contributed by atoms with Crippen molar-refractivity contribution in [1.82, 2.24) is 4.98 Å². The molecule has 1 N–H and O–H groups in total. The van der Waals surface area contributed by atoms with Gasteiger partial charge in [0.05, 0.1) is 0 Å². The molecule has 0 saturated heterocycles. The number of fused-ring (bicyclic) bond motifs is 3. The number of nitrogens with zero attached hydrogens (tertiary/aromatic N) is 1. The fourth-order valence-corrected chi connectivity index (χ4v) is 2.85. The molecule has 0 fully saturated rings. The first-order valence-corrected chi connectivity index (χ1v) is 6.90. The van der Waals surface area contributed by atoms with E-state index in [1.807, 2.05) is 6.07 Å². The van der Waals surface area contributed by atoms with Crippen LogP contribution in [0.15, 0.2) is 60.7 Å². The van der Waals surface area contributed by atoms with Gasteiger partial charge >= 0.3 is 0 Å². The minimum absolute atomic E-state index is 0.478. The molecule has 3 heteroatoms. The Kier molecular flexibility index (Phi) is 2.71. The van der Waals surface area contributed by atoms with Crippen molar-refractivity contribution >= 4 is 11.5 Å². The molecule has 1 aromatic heterocycles. The molecule has 3 aromatic rings. The van der Waals surface area contributed by atoms with Crippen molar-refractivity contribution < 1.29 is 4.39 Å². The van der Waals surface area contributed by atoms with Crippen LogP contribution in [0.3, 0.4) is 0 Å². The predicted octanol–water partition coefficient (Wildman–Crippen LogP) is 4.54. The van der Waals surface area contributed by atoms with E-state index < -0.39 is 5.95 Å². The van der Waals surface area contributed by atoms with Crippen molar-refractivity contribution in [1.29, 1.82) is 0 Å². The van der Waals surface area contributed by atoms with Crippen LogP contribution in [-0.4, -0.2) is 4.98 Å². The lowest BCUT2D eigenvalue weighted by molar-refractivity contribution is 0.585. The van der Waals surface area contributed by atoms with Crippen LogP contribution in [0.5, 0.6) is 0 Å². The Morgan fingerprint density at radius 3 is 2.62 bits per heavy atom. The molecule has 0 unspecified atom stereocenters. The highest BCUT2D eigenvalue weighted by Crippen LogP contribution is 2.37. The highest BCUT2D eigenvalue weighted by atomic mass is 19.1. The van der Waals surface area contributed by atoms with Gasteiger partial charge in [-0.1, -0.05) is 36.4 Å². The molecule has 0 spiro atoms. The Bertz CT molecular complexity index is 827. The Morgan fingerprint density at radius 2 is 1.71 bits per heavy atom. The normalized spacial score (nSPS) is 11.9. The van der Waals surface area contributed by atoms with Gasteiger partial charge in [-0.15, -0.1) is 0 Å². The molecule has 0 amide bonds. The molecule has 0 saturated carbocycles. The van der Waals surface area contributed by atoms with E-state index in [1.54, 1.807) is 12.1 Å². The fourth-order valence-electron chi connectivity index (χ4n) is 2.85. The number of benzene rings is 2. The summed E-state index contributed by atoms with van der Waals surface area (Å²) in [7, 11) is 0. The van der Waals surface area contributed by atoms with E-state index in [4.69, 9.17) is 0 Å². The zero-order valence-corrected chi connectivity index (χ0v) is 11.3. The molecule has 21 heavy (non-hydrogen) atoms. The molecule has 0 atom stereocenters. The van der Waals surface area contributed by atoms with E-state index in [1.165, 1.54) is 28.3 Å². The van der Waals surface area contributed by atoms with Crippen molar-refractivity contribution in [3.8, 4) is 11.1 Å². The van der Waals surface area contributed by atoms with E-state index >= 15 is 0 Å². The number of pyridine rings is 1. The van der Waals surface area contributed by atoms with Crippen molar-refractivity contribution in [2.45, 2.75) is 6.42 Å². The molecule has 0 bridgehead atoms. The first kappa shape index (κ1) is 12.1. The summed E-state index contributed by atoms with van der Waals surface area (Å²) >= 11 is 0. The second-order valence-corrected chi connectivity index (χ2v) is 5.18. The van der Waals surface area contributed by atoms with Crippen molar-refractivity contribution in [3.05, 3.63) is 77.7 Å². The molecule has 1 heterocycles. The molecule has 2 nitrogen and oxygen atoms in total. The van der Waals surface area contributed by atoms with Gasteiger partial charge in [-0.2, -0.15) is 4.39 Å². The van der Waals surface area contributed by atoms with Crippen molar-refractivity contribution in [2.75, 3.05) is 5.32 Å². The molecule has 2 aromatic carbocycles. The van der Waals surface area contributed by atoms with Gasteiger partial charge in [-0.25, -0.2) is 4.98 Å². The third-order valence-electron chi connectivity index (χ3n) is 3.78. The van der Waals surface area contributed by atoms with Crippen LogP contribution in [-0.2, 0) is 6.42 Å². The standard InChI is InChI=1S/C18H13FN2/c19-17-6-3-7-18(21-17)20-14-8-9-16-13(11-14)10-12-4-1-2-5-15(12)16/h1-9,11H,10H2,(H,20,21). The lowest BCUT2D eigenvalue weighted by Crippen LogP contribution is -1.95. The van der Waals surface area contributed by atoms with Gasteiger partial charge in [-0.05, 0) is 52.9 Å². The lowest BCUT2D eigenvalue weighted by Gasteiger charge is -2.08. The van der Waals surface area contributed by atoms with Crippen molar-refractivity contribution in [2.24, 2.45) is 0 Å². The Hall–Kier alpha value is -2.68. The summed E-state index contributed by atoms with van der Waals surface area (Å²) in [5.74, 6) is 0.0408. The average molecular weight is 276 g/mol. The Morgan fingerprint density at radius 1 is 0.857 bits per heavy atom. The zero-order chi connectivity index (χ0) is 14.2. The third-order valence-corrected chi connectivity index (χ3v) is 3.78. The summed E-state index contributed by atoms with van der Waals surface area (Å²) < 4.78 is 13.1. The summed E-state index contributed by atoms with van der Waals surface area (Å²) in [5, 5.41) is 3.15. The van der Waals surface area contributed by atoms with Gasteiger partial charge < -0.3 is 5.32 Å². The van der Waals surface area contributed by atoms with E-state index in [0.717, 1.165) is 12.1 Å². The molecular formula is C18H13FN2. The summed E-state index contributed by atoms with van der Waals surface area (Å²) in [6.45, 7) is 0. The zero-order valence-electron chi connectivity index (χ0n) is 11.3. The van der Waals surface area contributed by atoms with Gasteiger partial charge in [0.2, 0.25) is 5.95 Å². The van der Waals surface area contributed by atoms with Crippen LogP contribution in [0.2, 0.25) is 0 Å². The lowest BCUT2D eigenvalue weighted by atomic mass is 10.1. The number of aromatic nitrogens is 1. The first-order chi connectivity index (χ1) is 10.3. The summed E-state index contributed by atoms with van der Waals surface area (Å²) in [5.41, 5.74) is 6.16. The molecule has 0 aliphatic heterocycles. The maximum absolute atomic E-state index is 13.1. The fraction of sp³-hybridized carbons (Fsp3) is 0.0556. The maximum atomic E-state index is 13.1. The van der Waals surface area contributed by atoms with Gasteiger partial charge in [0, 0.05) is 5.69 Å². The van der Waals surface area contributed by atoms with Crippen molar-refractivity contribution in [3.63, 3.8) is 0 Å². The van der Waals surface area contributed by atoms with Gasteiger partial charge in [-0.3, -0.25) is 0 Å². The van der Waals surface area contributed by atoms with Crippen LogP contribution < -0.4 is 5.32 Å². The summed E-state index contributed by atoms with van der Waals surface area (Å²) in [6, 6.07) is 19.4. The molecule has 0 radical (unpaired) electrons. The SMILES string of the molecule is Fc1cccc(Nc2ccc3c(c2)Cc2ccccc2-3)n1. The number of anilines is 2. The van der Waals surface area contributed by atoms with Gasteiger partial charge in [0.25, 0.3) is 0 Å². The summed E-state index contributed by atoms with van der Waals surface area (Å²) in [6.07, 6.45) is 0.942. The number of nitrogens with one attached hydrogen (secondary N) is 1. The number of hydrogen-bond acceptors (Lipinski definition) is 2. The van der Waals surface area contributed by atoms with Gasteiger partial charge in [0.15, 0.2) is 0 Å². The first-order valence-electron chi connectivity index (χ1n) is 6.90. The third kappa shape index (κ3) is 2.17. The van der Waals surface area contributed by atoms with Crippen LogP contribution in [0.25, 0.3) is 11.1 Å². The van der Waals surface area contributed by atoms with E-state index in [2.05, 4.69) is 46.7 Å². The Balaban J connectivity index is 1.67. The maximum Gasteiger partial charge on any atom is 0.214 e. The Labute approximate surface area is 122 Å². The minimum atomic E-state index is -0.478. The number of hydrogen-bond donors (Lipinski definition) is 1. The quantitative estimate of drug-likeness (QED) is 0.544. The smallest absolute Gasteiger partial charge is 0.214 e. The summed E-state index contributed by atoms with van der Waals surface area (Å²) in [4.78, 5) is 3.82. The molecule has 1 aliphatic carbocycles. The van der Waals surface area contributed by atoms with Crippen LogP contribution in [0.4, 0.5) is 15.9 Å². The highest BCUT2D eigenvalue weighted by Gasteiger charge is 2.17. The monoisotopic (exact) mass is 276 g/mol. The van der Waals surface area contributed by atoms with Gasteiger partial charge in [0.1, 0.15) is 5.82 Å². The number of halogens is 1. The molecular weight excluding hydrogens is 263 g/mol. The van der Waals surface area contributed by atoms with E-state index in [0.29, 0.717) is 5.82 Å². The van der Waals surface area contributed by atoms with E-state index in [-0.39, 0.29) is 0 Å². The number of rotatable bonds is 2. The second kappa shape index (κ2) is 4.70. The van der Waals surface area contributed by atoms with E-state index in [9.17, 15) is 4.39 Å². The molecule has 1 aliphatic rings. The largest absolute Gasteiger partial charge is 0.340 e. The topological polar surface area (TPSA) is 24.9 Å². The minimum Gasteiger partial charge on any atom is -0.340 e. The van der Waals surface area contributed by atoms with Crippen LogP contribution >= 0.6 is 0 Å². The second-order valence-electron chi connectivity index (χ2n) is 5.18.